The minimum Gasteiger partial charge on any atom is -0.443 e. The molecule has 0 aromatic carbocycles. The highest BCUT2D eigenvalue weighted by Gasteiger charge is 2.72. The largest absolute Gasteiger partial charge is 0.443 e. The molecule has 1 amide bonds. The van der Waals surface area contributed by atoms with Crippen molar-refractivity contribution in [3.05, 3.63) is 11.6 Å². The van der Waals surface area contributed by atoms with Crippen LogP contribution in [0.4, 0.5) is 4.79 Å². The average Bonchev–Trinajstić information content (AvgIpc) is 3.57. The van der Waals surface area contributed by atoms with Crippen LogP contribution in [0.2, 0.25) is 0 Å². The van der Waals surface area contributed by atoms with Crippen molar-refractivity contribution in [1.29, 1.82) is 0 Å². The van der Waals surface area contributed by atoms with Gasteiger partial charge in [0.1, 0.15) is 23.4 Å². The van der Waals surface area contributed by atoms with E-state index in [1.165, 1.54) is 5.57 Å². The number of ether oxygens (including phenoxy) is 4. The van der Waals surface area contributed by atoms with Crippen LogP contribution in [0.3, 0.4) is 0 Å². The number of aliphatic hydroxyl groups is 1. The number of carbonyl (C=O) groups excluding carboxylic acids is 1. The lowest BCUT2D eigenvalue weighted by molar-refractivity contribution is -0.119. The monoisotopic (exact) mass is 423 g/mol. The molecule has 2 heterocycles. The Kier molecular flexibility index (Phi) is 5.94. The van der Waals surface area contributed by atoms with E-state index in [9.17, 15) is 9.90 Å². The summed E-state index contributed by atoms with van der Waals surface area (Å²) in [5, 5.41) is 12.7. The Balaban J connectivity index is 1.45. The van der Waals surface area contributed by atoms with Gasteiger partial charge in [-0.25, -0.2) is 4.79 Å². The molecule has 1 spiro atoms. The average molecular weight is 424 g/mol. The Hall–Kier alpha value is -1.15. The van der Waals surface area contributed by atoms with Crippen molar-refractivity contribution in [3.8, 4) is 0 Å². The number of alkyl carbamates (subject to hydrolysis) is 1. The molecule has 2 aliphatic heterocycles. The highest BCUT2D eigenvalue weighted by Crippen LogP contribution is 2.59. The van der Waals surface area contributed by atoms with Crippen LogP contribution >= 0.6 is 0 Å². The second-order valence-corrected chi connectivity index (χ2v) is 10.1. The Bertz CT molecular complexity index is 679. The molecule has 30 heavy (non-hydrogen) atoms. The maximum absolute atomic E-state index is 12.7. The molecule has 0 radical (unpaired) electrons. The van der Waals surface area contributed by atoms with Crippen LogP contribution in [0.5, 0.6) is 0 Å². The topological polar surface area (TPSA) is 92.9 Å². The molecule has 2 N–H and O–H groups in total. The first-order chi connectivity index (χ1) is 14.3. The molecule has 2 saturated heterocycles. The zero-order chi connectivity index (χ0) is 21.6. The molecule has 4 aliphatic rings. The lowest BCUT2D eigenvalue weighted by atomic mass is 9.68. The third-order valence-corrected chi connectivity index (χ3v) is 7.73. The van der Waals surface area contributed by atoms with Gasteiger partial charge in [0.2, 0.25) is 0 Å². The second kappa shape index (κ2) is 8.08. The molecule has 4 fully saturated rings. The highest BCUT2D eigenvalue weighted by molar-refractivity contribution is 5.68. The number of aliphatic hydroxyl groups excluding tert-OH is 1. The van der Waals surface area contributed by atoms with E-state index in [1.807, 2.05) is 0 Å². The highest BCUT2D eigenvalue weighted by atomic mass is 16.6. The maximum atomic E-state index is 12.7. The Morgan fingerprint density at radius 1 is 1.27 bits per heavy atom. The standard InChI is InChI=1S/C23H37NO6/c1-15(2)7-8-17-21(3,30-17)19-18(27-4)16(9-12-23(19)14-28-23)29-20(26)24-22(13-25)10-5-6-11-22/h7,16-19,25H,5-6,8-14H2,1-4H3,(H,24,26)/t16?,17-,18?,19?,21-,23+/m1/s1. The van der Waals surface area contributed by atoms with Crippen LogP contribution in [-0.4, -0.2) is 66.6 Å². The molecule has 7 heteroatoms. The van der Waals surface area contributed by atoms with Crippen molar-refractivity contribution in [2.45, 2.75) is 101 Å². The molecule has 0 aromatic heterocycles. The number of epoxide rings is 2. The fraction of sp³-hybridized carbons (Fsp3) is 0.870. The summed E-state index contributed by atoms with van der Waals surface area (Å²) in [5.41, 5.74) is 0.151. The summed E-state index contributed by atoms with van der Waals surface area (Å²) >= 11 is 0. The summed E-state index contributed by atoms with van der Waals surface area (Å²) in [6, 6.07) is 0. The van der Waals surface area contributed by atoms with Crippen LogP contribution in [-0.2, 0) is 18.9 Å². The summed E-state index contributed by atoms with van der Waals surface area (Å²) in [6.45, 7) is 6.97. The number of rotatable bonds is 7. The van der Waals surface area contributed by atoms with E-state index in [1.54, 1.807) is 7.11 Å². The third kappa shape index (κ3) is 4.01. The van der Waals surface area contributed by atoms with Crippen molar-refractivity contribution in [3.63, 3.8) is 0 Å². The van der Waals surface area contributed by atoms with Crippen molar-refractivity contribution in [1.82, 2.24) is 5.32 Å². The molecule has 2 aliphatic carbocycles. The number of carbonyl (C=O) groups is 1. The number of allylic oxidation sites excluding steroid dienone is 1. The maximum Gasteiger partial charge on any atom is 0.408 e. The van der Waals surface area contributed by atoms with Gasteiger partial charge >= 0.3 is 6.09 Å². The van der Waals surface area contributed by atoms with E-state index in [0.29, 0.717) is 13.0 Å². The van der Waals surface area contributed by atoms with E-state index >= 15 is 0 Å². The predicted molar refractivity (Wildman–Crippen MR) is 111 cm³/mol. The van der Waals surface area contributed by atoms with Crippen LogP contribution < -0.4 is 5.32 Å². The smallest absolute Gasteiger partial charge is 0.408 e. The van der Waals surface area contributed by atoms with E-state index in [4.69, 9.17) is 18.9 Å². The summed E-state index contributed by atoms with van der Waals surface area (Å²) in [7, 11) is 1.68. The van der Waals surface area contributed by atoms with Crippen molar-refractivity contribution in [2.24, 2.45) is 5.92 Å². The van der Waals surface area contributed by atoms with E-state index in [2.05, 4.69) is 32.2 Å². The van der Waals surface area contributed by atoms with Crippen LogP contribution in [0.1, 0.15) is 65.7 Å². The van der Waals surface area contributed by atoms with Gasteiger partial charge in [0.25, 0.3) is 0 Å². The molecular weight excluding hydrogens is 386 g/mol. The molecule has 170 valence electrons. The minimum absolute atomic E-state index is 0.00962. The molecule has 0 bridgehead atoms. The van der Waals surface area contributed by atoms with E-state index in [-0.39, 0.29) is 42.0 Å². The first-order valence-corrected chi connectivity index (χ1v) is 11.4. The zero-order valence-corrected chi connectivity index (χ0v) is 18.7. The van der Waals surface area contributed by atoms with Gasteiger partial charge in [-0.3, -0.25) is 0 Å². The van der Waals surface area contributed by atoms with Crippen molar-refractivity contribution < 1.29 is 28.8 Å². The number of hydrogen-bond donors (Lipinski definition) is 2. The van der Waals surface area contributed by atoms with Crippen LogP contribution in [0, 0.1) is 5.92 Å². The van der Waals surface area contributed by atoms with Gasteiger partial charge in [0.05, 0.1) is 30.8 Å². The van der Waals surface area contributed by atoms with E-state index in [0.717, 1.165) is 38.5 Å². The molecule has 4 rings (SSSR count). The Morgan fingerprint density at radius 3 is 2.53 bits per heavy atom. The van der Waals surface area contributed by atoms with Gasteiger partial charge in [-0.05, 0) is 52.9 Å². The molecule has 3 unspecified atom stereocenters. The number of amides is 1. The van der Waals surface area contributed by atoms with Gasteiger partial charge in [-0.2, -0.15) is 0 Å². The number of methoxy groups -OCH3 is 1. The third-order valence-electron chi connectivity index (χ3n) is 7.73. The molecule has 2 saturated carbocycles. The molecular formula is C23H37NO6. The van der Waals surface area contributed by atoms with Crippen LogP contribution in [0.25, 0.3) is 0 Å². The van der Waals surface area contributed by atoms with Crippen molar-refractivity contribution >= 4 is 6.09 Å². The Labute approximate surface area is 179 Å². The number of nitrogens with one attached hydrogen (secondary N) is 1. The van der Waals surface area contributed by atoms with Gasteiger partial charge in [-0.1, -0.05) is 24.5 Å². The Morgan fingerprint density at radius 2 is 1.97 bits per heavy atom. The fourth-order valence-electron chi connectivity index (χ4n) is 5.83. The summed E-state index contributed by atoms with van der Waals surface area (Å²) in [4.78, 5) is 12.7. The first-order valence-electron chi connectivity index (χ1n) is 11.4. The fourth-order valence-corrected chi connectivity index (χ4v) is 5.83. The second-order valence-electron chi connectivity index (χ2n) is 10.1. The predicted octanol–water partition coefficient (Wildman–Crippen LogP) is 3.09. The SMILES string of the molecule is COC1C(OC(=O)NC2(CO)CCCC2)CC[C@]2(CO2)C1[C@]1(C)O[C@@H]1CC=C(C)C. The van der Waals surface area contributed by atoms with Gasteiger partial charge < -0.3 is 29.4 Å². The van der Waals surface area contributed by atoms with Gasteiger partial charge in [-0.15, -0.1) is 0 Å². The number of hydrogen-bond acceptors (Lipinski definition) is 6. The molecule has 6 atom stereocenters. The summed E-state index contributed by atoms with van der Waals surface area (Å²) in [5.74, 6) is 0.00962. The quantitative estimate of drug-likeness (QED) is 0.483. The van der Waals surface area contributed by atoms with E-state index < -0.39 is 11.6 Å². The summed E-state index contributed by atoms with van der Waals surface area (Å²) in [6.07, 6.45) is 7.20. The van der Waals surface area contributed by atoms with Crippen molar-refractivity contribution in [2.75, 3.05) is 20.3 Å². The molecule has 0 aromatic rings. The van der Waals surface area contributed by atoms with Gasteiger partial charge in [0, 0.05) is 7.11 Å². The normalized spacial score (nSPS) is 41.4. The minimum atomic E-state index is -0.546. The van der Waals surface area contributed by atoms with Crippen LogP contribution in [0.15, 0.2) is 11.6 Å². The first kappa shape index (κ1) is 22.1. The lowest BCUT2D eigenvalue weighted by Gasteiger charge is -2.43. The summed E-state index contributed by atoms with van der Waals surface area (Å²) < 4.78 is 24.0. The zero-order valence-electron chi connectivity index (χ0n) is 18.7. The van der Waals surface area contributed by atoms with Gasteiger partial charge in [0.15, 0.2) is 0 Å². The lowest BCUT2D eigenvalue weighted by Crippen LogP contribution is -2.57. The molecule has 7 nitrogen and oxygen atoms in total.